The number of hydrogen-bond donors (Lipinski definition) is 1. The normalized spacial score (nSPS) is 16.1. The van der Waals surface area contributed by atoms with Gasteiger partial charge in [-0.1, -0.05) is 24.8 Å². The molecule has 1 aromatic carbocycles. The lowest BCUT2D eigenvalue weighted by Gasteiger charge is -2.27. The zero-order valence-electron chi connectivity index (χ0n) is 15.5. The molecule has 0 aliphatic carbocycles. The SMILES string of the molecule is C=C(C)C(=O)OCCOC(=O)C1=C(C)OC(N)=C(C#N)[C@H]1c1ccccc1F. The third kappa shape index (κ3) is 4.38. The Kier molecular flexibility index (Phi) is 6.55. The summed E-state index contributed by atoms with van der Waals surface area (Å²) in [6.07, 6.45) is 0. The number of halogens is 1. The van der Waals surface area contributed by atoms with E-state index >= 15 is 0 Å². The van der Waals surface area contributed by atoms with E-state index in [0.29, 0.717) is 0 Å². The van der Waals surface area contributed by atoms with Gasteiger partial charge in [0.1, 0.15) is 36.4 Å². The van der Waals surface area contributed by atoms with Gasteiger partial charge in [-0.25, -0.2) is 14.0 Å². The Labute approximate surface area is 161 Å². The number of nitrogens with two attached hydrogens (primary N) is 1. The number of carbonyl (C=O) groups is 2. The maximum Gasteiger partial charge on any atom is 0.338 e. The van der Waals surface area contributed by atoms with Crippen LogP contribution < -0.4 is 5.73 Å². The van der Waals surface area contributed by atoms with Crippen molar-refractivity contribution >= 4 is 11.9 Å². The number of esters is 2. The van der Waals surface area contributed by atoms with Crippen LogP contribution in [0.15, 0.2) is 59.2 Å². The lowest BCUT2D eigenvalue weighted by Crippen LogP contribution is -2.27. The number of rotatable bonds is 6. The van der Waals surface area contributed by atoms with Gasteiger partial charge in [-0.3, -0.25) is 0 Å². The Morgan fingerprint density at radius 2 is 1.96 bits per heavy atom. The van der Waals surface area contributed by atoms with Crippen molar-refractivity contribution in [1.29, 1.82) is 5.26 Å². The van der Waals surface area contributed by atoms with E-state index in [1.165, 1.54) is 32.0 Å². The van der Waals surface area contributed by atoms with Gasteiger partial charge in [0.15, 0.2) is 0 Å². The molecule has 1 heterocycles. The fourth-order valence-corrected chi connectivity index (χ4v) is 2.64. The summed E-state index contributed by atoms with van der Waals surface area (Å²) in [6, 6.07) is 7.60. The molecule has 0 saturated carbocycles. The molecule has 2 rings (SSSR count). The van der Waals surface area contributed by atoms with Crippen LogP contribution in [0.25, 0.3) is 0 Å². The molecule has 0 fully saturated rings. The molecule has 1 aromatic rings. The van der Waals surface area contributed by atoms with Crippen LogP contribution in [0.3, 0.4) is 0 Å². The first-order chi connectivity index (χ1) is 13.3. The molecule has 0 bridgehead atoms. The van der Waals surface area contributed by atoms with E-state index in [-0.39, 0.29) is 47.1 Å². The predicted octanol–water partition coefficient (Wildman–Crippen LogP) is 2.57. The number of benzene rings is 1. The minimum absolute atomic E-state index is 0.0536. The van der Waals surface area contributed by atoms with Crippen LogP contribution in [0.4, 0.5) is 4.39 Å². The Bertz CT molecular complexity index is 927. The highest BCUT2D eigenvalue weighted by Crippen LogP contribution is 2.40. The molecule has 28 heavy (non-hydrogen) atoms. The molecular formula is C20H19FN2O5. The van der Waals surface area contributed by atoms with Crippen LogP contribution in [0, 0.1) is 17.1 Å². The molecule has 0 amide bonds. The first kappa shape index (κ1) is 20.7. The van der Waals surface area contributed by atoms with Gasteiger partial charge in [0.2, 0.25) is 5.88 Å². The molecule has 0 unspecified atom stereocenters. The summed E-state index contributed by atoms with van der Waals surface area (Å²) in [5.74, 6) is -3.25. The molecule has 0 radical (unpaired) electrons. The second-order valence-electron chi connectivity index (χ2n) is 5.97. The van der Waals surface area contributed by atoms with E-state index in [2.05, 4.69) is 6.58 Å². The second kappa shape index (κ2) is 8.86. The fourth-order valence-electron chi connectivity index (χ4n) is 2.64. The fraction of sp³-hybridized carbons (Fsp3) is 0.250. The summed E-state index contributed by atoms with van der Waals surface area (Å²) in [5.41, 5.74) is 5.91. The first-order valence-electron chi connectivity index (χ1n) is 8.30. The highest BCUT2D eigenvalue weighted by atomic mass is 19.1. The second-order valence-corrected chi connectivity index (χ2v) is 5.97. The van der Waals surface area contributed by atoms with E-state index in [4.69, 9.17) is 19.9 Å². The largest absolute Gasteiger partial charge is 0.459 e. The lowest BCUT2D eigenvalue weighted by molar-refractivity contribution is -0.147. The molecule has 8 heteroatoms. The molecule has 146 valence electrons. The van der Waals surface area contributed by atoms with Gasteiger partial charge in [-0.15, -0.1) is 0 Å². The van der Waals surface area contributed by atoms with Crippen molar-refractivity contribution in [2.75, 3.05) is 13.2 Å². The summed E-state index contributed by atoms with van der Waals surface area (Å²) < 4.78 is 29.7. The molecular weight excluding hydrogens is 367 g/mol. The Balaban J connectivity index is 2.27. The standard InChI is InChI=1S/C20H19FN2O5/c1-11(2)19(24)26-8-9-27-20(25)16-12(3)28-18(23)14(10-22)17(16)13-6-4-5-7-15(13)21/h4-7,17H,1,8-9,23H2,2-3H3/t17-/m1/s1. The molecule has 7 nitrogen and oxygen atoms in total. The van der Waals surface area contributed by atoms with Crippen LogP contribution in [-0.2, 0) is 23.8 Å². The Morgan fingerprint density at radius 1 is 1.32 bits per heavy atom. The molecule has 1 aliphatic heterocycles. The van der Waals surface area contributed by atoms with Gasteiger partial charge < -0.3 is 19.9 Å². The van der Waals surface area contributed by atoms with Crippen LogP contribution in [0.5, 0.6) is 0 Å². The first-order valence-corrected chi connectivity index (χ1v) is 8.30. The van der Waals surface area contributed by atoms with Crippen molar-refractivity contribution in [3.63, 3.8) is 0 Å². The summed E-state index contributed by atoms with van der Waals surface area (Å²) >= 11 is 0. The molecule has 0 aromatic heterocycles. The number of carbonyl (C=O) groups excluding carboxylic acids is 2. The molecule has 2 N–H and O–H groups in total. The number of hydrogen-bond acceptors (Lipinski definition) is 7. The van der Waals surface area contributed by atoms with Gasteiger partial charge in [0, 0.05) is 11.1 Å². The van der Waals surface area contributed by atoms with Crippen molar-refractivity contribution in [3.8, 4) is 6.07 Å². The van der Waals surface area contributed by atoms with E-state index in [1.807, 2.05) is 6.07 Å². The third-order valence-electron chi connectivity index (χ3n) is 3.94. The van der Waals surface area contributed by atoms with E-state index in [1.54, 1.807) is 6.07 Å². The van der Waals surface area contributed by atoms with E-state index in [9.17, 15) is 19.2 Å². The Hall–Kier alpha value is -3.60. The lowest BCUT2D eigenvalue weighted by atomic mass is 9.83. The van der Waals surface area contributed by atoms with Crippen molar-refractivity contribution in [2.24, 2.45) is 5.73 Å². The molecule has 1 atom stereocenters. The van der Waals surface area contributed by atoms with Crippen LogP contribution in [0.1, 0.15) is 25.3 Å². The summed E-state index contributed by atoms with van der Waals surface area (Å²) in [6.45, 7) is 5.97. The number of nitriles is 1. The zero-order valence-corrected chi connectivity index (χ0v) is 15.5. The average molecular weight is 386 g/mol. The van der Waals surface area contributed by atoms with Gasteiger partial charge in [0.25, 0.3) is 0 Å². The third-order valence-corrected chi connectivity index (χ3v) is 3.94. The van der Waals surface area contributed by atoms with Gasteiger partial charge in [-0.2, -0.15) is 5.26 Å². The van der Waals surface area contributed by atoms with E-state index < -0.39 is 23.7 Å². The van der Waals surface area contributed by atoms with Crippen molar-refractivity contribution in [3.05, 3.63) is 70.6 Å². The summed E-state index contributed by atoms with van der Waals surface area (Å²) in [7, 11) is 0. The van der Waals surface area contributed by atoms with Crippen LogP contribution >= 0.6 is 0 Å². The highest BCUT2D eigenvalue weighted by molar-refractivity contribution is 5.92. The topological polar surface area (TPSA) is 112 Å². The number of ether oxygens (including phenoxy) is 3. The summed E-state index contributed by atoms with van der Waals surface area (Å²) in [4.78, 5) is 24.0. The smallest absolute Gasteiger partial charge is 0.338 e. The van der Waals surface area contributed by atoms with E-state index in [0.717, 1.165) is 0 Å². The van der Waals surface area contributed by atoms with Gasteiger partial charge >= 0.3 is 11.9 Å². The van der Waals surface area contributed by atoms with Crippen molar-refractivity contribution < 1.29 is 28.2 Å². The zero-order chi connectivity index (χ0) is 20.8. The summed E-state index contributed by atoms with van der Waals surface area (Å²) in [5, 5.41) is 9.47. The quantitative estimate of drug-likeness (QED) is 0.454. The maximum absolute atomic E-state index is 14.4. The Morgan fingerprint density at radius 3 is 2.57 bits per heavy atom. The minimum atomic E-state index is -1.08. The number of nitrogens with zero attached hydrogens (tertiary/aromatic N) is 1. The van der Waals surface area contributed by atoms with Crippen LogP contribution in [0.2, 0.25) is 0 Å². The maximum atomic E-state index is 14.4. The molecule has 1 aliphatic rings. The number of allylic oxidation sites excluding steroid dienone is 2. The molecule has 0 saturated heterocycles. The highest BCUT2D eigenvalue weighted by Gasteiger charge is 2.37. The van der Waals surface area contributed by atoms with Gasteiger partial charge in [0.05, 0.1) is 11.5 Å². The van der Waals surface area contributed by atoms with Gasteiger partial charge in [-0.05, 0) is 19.9 Å². The van der Waals surface area contributed by atoms with Crippen LogP contribution in [-0.4, -0.2) is 25.2 Å². The van der Waals surface area contributed by atoms with Crippen molar-refractivity contribution in [1.82, 2.24) is 0 Å². The minimum Gasteiger partial charge on any atom is -0.459 e. The monoisotopic (exact) mass is 386 g/mol. The molecule has 0 spiro atoms. The van der Waals surface area contributed by atoms with Crippen molar-refractivity contribution in [2.45, 2.75) is 19.8 Å². The predicted molar refractivity (Wildman–Crippen MR) is 96.5 cm³/mol. The average Bonchev–Trinajstić information content (AvgIpc) is 2.64.